The molecule has 0 saturated carbocycles. The minimum absolute atomic E-state index is 0.300. The molecule has 1 aliphatic heterocycles. The molecule has 1 aromatic rings. The fourth-order valence-electron chi connectivity index (χ4n) is 2.85. The van der Waals surface area contributed by atoms with Crippen molar-refractivity contribution in [2.24, 2.45) is 0 Å². The van der Waals surface area contributed by atoms with Crippen LogP contribution in [0.5, 0.6) is 0 Å². The van der Waals surface area contributed by atoms with Crippen LogP contribution < -0.4 is 10.2 Å². The van der Waals surface area contributed by atoms with Crippen LogP contribution >= 0.6 is 0 Å². The van der Waals surface area contributed by atoms with E-state index in [4.69, 9.17) is 0 Å². The summed E-state index contributed by atoms with van der Waals surface area (Å²) in [6.45, 7) is 5.73. The first kappa shape index (κ1) is 16.3. The number of aliphatic carboxylic acids is 1. The molecule has 0 aliphatic carbocycles. The average Bonchev–Trinajstić information content (AvgIpc) is 3.00. The van der Waals surface area contributed by atoms with Gasteiger partial charge in [0.05, 0.1) is 5.56 Å². The van der Waals surface area contributed by atoms with Crippen LogP contribution in [0.25, 0.3) is 0 Å². The summed E-state index contributed by atoms with van der Waals surface area (Å²) in [5.74, 6) is -1.28. The van der Waals surface area contributed by atoms with E-state index in [1.54, 1.807) is 0 Å². The molecule has 5 nitrogen and oxygen atoms in total. The Morgan fingerprint density at radius 3 is 2.59 bits per heavy atom. The van der Waals surface area contributed by atoms with E-state index in [1.807, 2.05) is 32.0 Å². The molecule has 1 aromatic carbocycles. The Balaban J connectivity index is 2.23. The van der Waals surface area contributed by atoms with Gasteiger partial charge in [0, 0.05) is 18.8 Å². The van der Waals surface area contributed by atoms with Crippen LogP contribution in [-0.4, -0.2) is 36.1 Å². The summed E-state index contributed by atoms with van der Waals surface area (Å²) in [5, 5.41) is 11.9. The molecule has 0 radical (unpaired) electrons. The Bertz CT molecular complexity index is 551. The molecule has 120 valence electrons. The second kappa shape index (κ2) is 7.29. The zero-order valence-electron chi connectivity index (χ0n) is 13.3. The summed E-state index contributed by atoms with van der Waals surface area (Å²) in [7, 11) is 0. The molecular formula is C17H24N2O3. The molecule has 0 aromatic heterocycles. The van der Waals surface area contributed by atoms with E-state index in [1.165, 1.54) is 0 Å². The Labute approximate surface area is 131 Å². The highest BCUT2D eigenvalue weighted by Crippen LogP contribution is 2.25. The lowest BCUT2D eigenvalue weighted by molar-refractivity contribution is -0.139. The molecule has 5 heteroatoms. The van der Waals surface area contributed by atoms with E-state index in [0.717, 1.165) is 37.2 Å². The third-order valence-corrected chi connectivity index (χ3v) is 4.02. The number of carbonyl (C=O) groups is 2. The van der Waals surface area contributed by atoms with Gasteiger partial charge < -0.3 is 15.3 Å². The van der Waals surface area contributed by atoms with Crippen molar-refractivity contribution in [2.45, 2.75) is 45.6 Å². The molecular weight excluding hydrogens is 280 g/mol. The van der Waals surface area contributed by atoms with Gasteiger partial charge in [-0.2, -0.15) is 0 Å². The molecule has 1 fully saturated rings. The average molecular weight is 304 g/mol. The van der Waals surface area contributed by atoms with Crippen LogP contribution in [0.4, 0.5) is 5.69 Å². The molecule has 1 heterocycles. The number of rotatable bonds is 6. The number of aryl methyl sites for hydroxylation is 1. The number of carboxylic acid groups (broad SMARTS) is 1. The van der Waals surface area contributed by atoms with Gasteiger partial charge in [0.25, 0.3) is 5.91 Å². The molecule has 0 spiro atoms. The van der Waals surface area contributed by atoms with Gasteiger partial charge in [0.15, 0.2) is 0 Å². The predicted molar refractivity (Wildman–Crippen MR) is 86.4 cm³/mol. The Kier molecular flexibility index (Phi) is 5.41. The van der Waals surface area contributed by atoms with Crippen molar-refractivity contribution in [2.75, 3.05) is 18.0 Å². The molecule has 1 amide bonds. The summed E-state index contributed by atoms with van der Waals surface area (Å²) in [4.78, 5) is 26.0. The van der Waals surface area contributed by atoms with Crippen LogP contribution in [0.2, 0.25) is 0 Å². The first-order valence-corrected chi connectivity index (χ1v) is 7.92. The number of hydrogen-bond acceptors (Lipinski definition) is 3. The summed E-state index contributed by atoms with van der Waals surface area (Å²) in [6.07, 6.45) is 3.40. The molecule has 1 saturated heterocycles. The van der Waals surface area contributed by atoms with Crippen molar-refractivity contribution in [1.82, 2.24) is 5.32 Å². The highest BCUT2D eigenvalue weighted by molar-refractivity contribution is 6.01. The second-order valence-electron chi connectivity index (χ2n) is 5.87. The van der Waals surface area contributed by atoms with E-state index in [9.17, 15) is 14.7 Å². The summed E-state index contributed by atoms with van der Waals surface area (Å²) in [6, 6.07) is 4.97. The largest absolute Gasteiger partial charge is 0.480 e. The lowest BCUT2D eigenvalue weighted by Crippen LogP contribution is -2.41. The first-order chi connectivity index (χ1) is 10.5. The molecule has 1 aliphatic rings. The lowest BCUT2D eigenvalue weighted by Gasteiger charge is -2.22. The third-order valence-electron chi connectivity index (χ3n) is 4.02. The van der Waals surface area contributed by atoms with Crippen LogP contribution in [0.1, 0.15) is 48.5 Å². The molecule has 2 N–H and O–H groups in total. The lowest BCUT2D eigenvalue weighted by atomic mass is 10.1. The minimum Gasteiger partial charge on any atom is -0.480 e. The zero-order chi connectivity index (χ0) is 16.1. The maximum absolute atomic E-state index is 12.6. The molecule has 1 atom stereocenters. The van der Waals surface area contributed by atoms with Crippen molar-refractivity contribution >= 4 is 17.6 Å². The van der Waals surface area contributed by atoms with Gasteiger partial charge in [-0.05, 0) is 38.3 Å². The zero-order valence-corrected chi connectivity index (χ0v) is 13.3. The number of carbonyl (C=O) groups excluding carboxylic acids is 1. The van der Waals surface area contributed by atoms with Crippen molar-refractivity contribution in [3.8, 4) is 0 Å². The number of hydrogen-bond donors (Lipinski definition) is 2. The van der Waals surface area contributed by atoms with E-state index < -0.39 is 12.0 Å². The van der Waals surface area contributed by atoms with Gasteiger partial charge >= 0.3 is 5.97 Å². The van der Waals surface area contributed by atoms with Crippen LogP contribution in [-0.2, 0) is 4.79 Å². The number of anilines is 1. The maximum atomic E-state index is 12.6. The number of nitrogens with zero attached hydrogens (tertiary/aromatic N) is 1. The predicted octanol–water partition coefficient (Wildman–Crippen LogP) is 2.58. The van der Waals surface area contributed by atoms with Gasteiger partial charge in [-0.25, -0.2) is 4.79 Å². The highest BCUT2D eigenvalue weighted by Gasteiger charge is 2.24. The fourth-order valence-corrected chi connectivity index (χ4v) is 2.85. The minimum atomic E-state index is -0.981. The smallest absolute Gasteiger partial charge is 0.326 e. The van der Waals surface area contributed by atoms with E-state index in [-0.39, 0.29) is 5.91 Å². The van der Waals surface area contributed by atoms with Gasteiger partial charge in [-0.3, -0.25) is 4.79 Å². The van der Waals surface area contributed by atoms with Gasteiger partial charge in [0.2, 0.25) is 0 Å². The third kappa shape index (κ3) is 3.78. The van der Waals surface area contributed by atoms with Crippen molar-refractivity contribution in [3.63, 3.8) is 0 Å². The van der Waals surface area contributed by atoms with E-state index in [0.29, 0.717) is 18.4 Å². The summed E-state index contributed by atoms with van der Waals surface area (Å²) in [5.41, 5.74) is 2.47. The standard InChI is InChI=1S/C17H24N2O3/c1-3-6-14(17(21)22)18-16(20)13-11-12(2)7-8-15(13)19-9-4-5-10-19/h7-8,11,14H,3-6,9-10H2,1-2H3,(H,18,20)(H,21,22). The first-order valence-electron chi connectivity index (χ1n) is 7.92. The van der Waals surface area contributed by atoms with Crippen molar-refractivity contribution in [1.29, 1.82) is 0 Å². The van der Waals surface area contributed by atoms with Crippen LogP contribution in [0.3, 0.4) is 0 Å². The Morgan fingerprint density at radius 2 is 2.00 bits per heavy atom. The second-order valence-corrected chi connectivity index (χ2v) is 5.87. The summed E-state index contributed by atoms with van der Waals surface area (Å²) >= 11 is 0. The normalized spacial score (nSPS) is 15.6. The maximum Gasteiger partial charge on any atom is 0.326 e. The van der Waals surface area contributed by atoms with Gasteiger partial charge in [0.1, 0.15) is 6.04 Å². The van der Waals surface area contributed by atoms with Crippen LogP contribution in [0.15, 0.2) is 18.2 Å². The molecule has 22 heavy (non-hydrogen) atoms. The van der Waals surface area contributed by atoms with E-state index in [2.05, 4.69) is 10.2 Å². The molecule has 0 bridgehead atoms. The Hall–Kier alpha value is -2.04. The number of benzene rings is 1. The topological polar surface area (TPSA) is 69.6 Å². The van der Waals surface area contributed by atoms with Gasteiger partial charge in [-0.1, -0.05) is 25.0 Å². The van der Waals surface area contributed by atoms with E-state index >= 15 is 0 Å². The van der Waals surface area contributed by atoms with Gasteiger partial charge in [-0.15, -0.1) is 0 Å². The molecule has 1 unspecified atom stereocenters. The Morgan fingerprint density at radius 1 is 1.32 bits per heavy atom. The molecule has 2 rings (SSSR count). The summed E-state index contributed by atoms with van der Waals surface area (Å²) < 4.78 is 0. The van der Waals surface area contributed by atoms with Crippen molar-refractivity contribution < 1.29 is 14.7 Å². The number of amides is 1. The SMILES string of the molecule is CCCC(NC(=O)c1cc(C)ccc1N1CCCC1)C(=O)O. The number of carboxylic acids is 1. The van der Waals surface area contributed by atoms with Crippen LogP contribution in [0, 0.1) is 6.92 Å². The fraction of sp³-hybridized carbons (Fsp3) is 0.529. The van der Waals surface area contributed by atoms with Crippen molar-refractivity contribution in [3.05, 3.63) is 29.3 Å². The highest BCUT2D eigenvalue weighted by atomic mass is 16.4. The number of nitrogens with one attached hydrogen (secondary N) is 1. The quantitative estimate of drug-likeness (QED) is 0.847. The monoisotopic (exact) mass is 304 g/mol.